The molecule has 0 bridgehead atoms. The number of alkyl halides is 1. The van der Waals surface area contributed by atoms with Crippen LogP contribution in [0, 0.1) is 0 Å². The van der Waals surface area contributed by atoms with Crippen LogP contribution in [0.1, 0.15) is 17.3 Å². The SMILES string of the molecule is CCOC(=O)c1ccc(NS(=O)(=O)CCl)c(Br)c1. The third-order valence-electron chi connectivity index (χ3n) is 1.89. The van der Waals surface area contributed by atoms with Crippen molar-refractivity contribution in [1.82, 2.24) is 0 Å². The molecule has 0 spiro atoms. The topological polar surface area (TPSA) is 72.5 Å². The lowest BCUT2D eigenvalue weighted by Gasteiger charge is -2.09. The highest BCUT2D eigenvalue weighted by molar-refractivity contribution is 9.10. The van der Waals surface area contributed by atoms with Gasteiger partial charge in [-0.05, 0) is 41.1 Å². The molecule has 0 aliphatic rings. The Hall–Kier alpha value is -0.790. The highest BCUT2D eigenvalue weighted by Crippen LogP contribution is 2.25. The van der Waals surface area contributed by atoms with Gasteiger partial charge in [0.2, 0.25) is 10.0 Å². The molecule has 0 unspecified atom stereocenters. The lowest BCUT2D eigenvalue weighted by molar-refractivity contribution is 0.0526. The second-order valence-corrected chi connectivity index (χ2v) is 6.40. The van der Waals surface area contributed by atoms with E-state index in [0.717, 1.165) is 0 Å². The summed E-state index contributed by atoms with van der Waals surface area (Å²) in [7, 11) is -3.57. The Morgan fingerprint density at radius 2 is 2.17 bits per heavy atom. The van der Waals surface area contributed by atoms with Gasteiger partial charge in [-0.2, -0.15) is 0 Å². The van der Waals surface area contributed by atoms with Gasteiger partial charge in [0.25, 0.3) is 0 Å². The Kier molecular flexibility index (Phi) is 5.43. The number of hydrogen-bond donors (Lipinski definition) is 1. The predicted molar refractivity (Wildman–Crippen MR) is 73.4 cm³/mol. The Morgan fingerprint density at radius 1 is 1.50 bits per heavy atom. The summed E-state index contributed by atoms with van der Waals surface area (Å²) in [5.41, 5.74) is 0.640. The molecule has 8 heteroatoms. The van der Waals surface area contributed by atoms with E-state index >= 15 is 0 Å². The van der Waals surface area contributed by atoms with Gasteiger partial charge in [0, 0.05) is 4.47 Å². The van der Waals surface area contributed by atoms with Crippen LogP contribution >= 0.6 is 27.5 Å². The van der Waals surface area contributed by atoms with Gasteiger partial charge in [-0.3, -0.25) is 4.72 Å². The van der Waals surface area contributed by atoms with Crippen LogP contribution < -0.4 is 4.72 Å². The summed E-state index contributed by atoms with van der Waals surface area (Å²) in [6, 6.07) is 4.40. The fourth-order valence-corrected chi connectivity index (χ4v) is 2.47. The minimum absolute atomic E-state index is 0.275. The molecule has 0 amide bonds. The summed E-state index contributed by atoms with van der Waals surface area (Å²) in [6.07, 6.45) is 0. The molecule has 0 heterocycles. The van der Waals surface area contributed by atoms with E-state index < -0.39 is 21.2 Å². The van der Waals surface area contributed by atoms with Crippen LogP contribution in [0.25, 0.3) is 0 Å². The minimum Gasteiger partial charge on any atom is -0.462 e. The number of rotatable bonds is 5. The molecule has 0 aliphatic carbocycles. The molecule has 0 saturated heterocycles. The van der Waals surface area contributed by atoms with E-state index in [9.17, 15) is 13.2 Å². The molecule has 0 fully saturated rings. The molecule has 18 heavy (non-hydrogen) atoms. The van der Waals surface area contributed by atoms with E-state index in [-0.39, 0.29) is 6.61 Å². The van der Waals surface area contributed by atoms with Crippen molar-refractivity contribution in [3.05, 3.63) is 28.2 Å². The number of sulfonamides is 1. The van der Waals surface area contributed by atoms with Crippen LogP contribution in [0.15, 0.2) is 22.7 Å². The van der Waals surface area contributed by atoms with E-state index in [4.69, 9.17) is 16.3 Å². The molecule has 0 radical (unpaired) electrons. The molecule has 0 saturated carbocycles. The first-order valence-electron chi connectivity index (χ1n) is 4.92. The monoisotopic (exact) mass is 355 g/mol. The maximum atomic E-state index is 11.4. The first kappa shape index (κ1) is 15.3. The van der Waals surface area contributed by atoms with Crippen molar-refractivity contribution >= 4 is 49.2 Å². The van der Waals surface area contributed by atoms with Gasteiger partial charge in [-0.15, -0.1) is 11.6 Å². The third-order valence-corrected chi connectivity index (χ3v) is 4.23. The fraction of sp³-hybridized carbons (Fsp3) is 0.300. The molecular weight excluding hydrogens is 346 g/mol. The largest absolute Gasteiger partial charge is 0.462 e. The van der Waals surface area contributed by atoms with Gasteiger partial charge in [-0.25, -0.2) is 13.2 Å². The number of nitrogens with one attached hydrogen (secondary N) is 1. The standard InChI is InChI=1S/C10H11BrClNO4S/c1-2-17-10(14)7-3-4-9(8(11)5-7)13-18(15,16)6-12/h3-5,13H,2,6H2,1H3. The molecule has 1 aromatic carbocycles. The second kappa shape index (κ2) is 6.40. The summed E-state index contributed by atoms with van der Waals surface area (Å²) < 4.78 is 30.1. The number of carbonyl (C=O) groups is 1. The van der Waals surface area contributed by atoms with Gasteiger partial charge < -0.3 is 4.74 Å². The van der Waals surface area contributed by atoms with Crippen molar-refractivity contribution in [3.8, 4) is 0 Å². The number of anilines is 1. The smallest absolute Gasteiger partial charge is 0.338 e. The van der Waals surface area contributed by atoms with Crippen LogP contribution in [-0.2, 0) is 14.8 Å². The van der Waals surface area contributed by atoms with E-state index in [1.165, 1.54) is 18.2 Å². The normalized spacial score (nSPS) is 11.1. The average molecular weight is 357 g/mol. The number of ether oxygens (including phenoxy) is 1. The minimum atomic E-state index is -3.57. The summed E-state index contributed by atoms with van der Waals surface area (Å²) in [5.74, 6) is -0.468. The maximum Gasteiger partial charge on any atom is 0.338 e. The van der Waals surface area contributed by atoms with E-state index in [0.29, 0.717) is 15.7 Å². The molecule has 5 nitrogen and oxygen atoms in total. The summed E-state index contributed by atoms with van der Waals surface area (Å²) in [5, 5.41) is -0.543. The van der Waals surface area contributed by atoms with Gasteiger partial charge in [0.05, 0.1) is 17.9 Å². The van der Waals surface area contributed by atoms with Crippen molar-refractivity contribution < 1.29 is 17.9 Å². The van der Waals surface area contributed by atoms with Gasteiger partial charge >= 0.3 is 5.97 Å². The van der Waals surface area contributed by atoms with Crippen LogP contribution in [0.5, 0.6) is 0 Å². The second-order valence-electron chi connectivity index (χ2n) is 3.24. The Labute approximate surface area is 119 Å². The lowest BCUT2D eigenvalue weighted by atomic mass is 10.2. The van der Waals surface area contributed by atoms with Crippen LogP contribution in [0.4, 0.5) is 5.69 Å². The Morgan fingerprint density at radius 3 is 2.67 bits per heavy atom. The Bertz CT molecular complexity index is 547. The molecule has 1 N–H and O–H groups in total. The van der Waals surface area contributed by atoms with Crippen molar-refractivity contribution in [2.24, 2.45) is 0 Å². The summed E-state index contributed by atoms with van der Waals surface area (Å²) in [6.45, 7) is 1.98. The van der Waals surface area contributed by atoms with Crippen molar-refractivity contribution in [2.75, 3.05) is 16.5 Å². The zero-order valence-corrected chi connectivity index (χ0v) is 12.6. The Balaban J connectivity index is 2.97. The first-order chi connectivity index (χ1) is 8.39. The third kappa shape index (κ3) is 4.15. The summed E-state index contributed by atoms with van der Waals surface area (Å²) >= 11 is 8.45. The number of halogens is 2. The van der Waals surface area contributed by atoms with Crippen LogP contribution in [-0.4, -0.2) is 26.2 Å². The van der Waals surface area contributed by atoms with Gasteiger partial charge in [0.1, 0.15) is 5.21 Å². The highest BCUT2D eigenvalue weighted by atomic mass is 79.9. The lowest BCUT2D eigenvalue weighted by Crippen LogP contribution is -2.14. The molecular formula is C10H11BrClNO4S. The molecule has 0 aromatic heterocycles. The maximum absolute atomic E-state index is 11.4. The molecule has 0 atom stereocenters. The number of hydrogen-bond acceptors (Lipinski definition) is 4. The van der Waals surface area contributed by atoms with E-state index in [1.54, 1.807) is 6.92 Å². The number of carbonyl (C=O) groups excluding carboxylic acids is 1. The average Bonchev–Trinajstić information content (AvgIpc) is 2.32. The molecule has 1 aromatic rings. The van der Waals surface area contributed by atoms with Gasteiger partial charge in [0.15, 0.2) is 0 Å². The number of benzene rings is 1. The zero-order valence-electron chi connectivity index (χ0n) is 9.44. The predicted octanol–water partition coefficient (Wildman–Crippen LogP) is 2.56. The highest BCUT2D eigenvalue weighted by Gasteiger charge is 2.13. The van der Waals surface area contributed by atoms with Crippen molar-refractivity contribution in [2.45, 2.75) is 6.92 Å². The van der Waals surface area contributed by atoms with E-state index in [1.807, 2.05) is 0 Å². The van der Waals surface area contributed by atoms with Crippen LogP contribution in [0.3, 0.4) is 0 Å². The quantitative estimate of drug-likeness (QED) is 0.650. The summed E-state index contributed by atoms with van der Waals surface area (Å²) in [4.78, 5) is 11.4. The zero-order chi connectivity index (χ0) is 13.8. The van der Waals surface area contributed by atoms with Gasteiger partial charge in [-0.1, -0.05) is 0 Å². The van der Waals surface area contributed by atoms with Crippen molar-refractivity contribution in [1.29, 1.82) is 0 Å². The van der Waals surface area contributed by atoms with E-state index in [2.05, 4.69) is 20.7 Å². The van der Waals surface area contributed by atoms with Crippen LogP contribution in [0.2, 0.25) is 0 Å². The fourth-order valence-electron chi connectivity index (χ4n) is 1.13. The first-order valence-corrected chi connectivity index (χ1v) is 7.90. The molecule has 1 rings (SSSR count). The molecule has 0 aliphatic heterocycles. The van der Waals surface area contributed by atoms with Crippen molar-refractivity contribution in [3.63, 3.8) is 0 Å². The number of esters is 1. The molecule has 100 valence electrons.